The van der Waals surface area contributed by atoms with Crippen molar-refractivity contribution in [2.75, 3.05) is 11.9 Å². The Balaban J connectivity index is 1.48. The molecular weight excluding hydrogens is 386 g/mol. The van der Waals surface area contributed by atoms with Crippen molar-refractivity contribution < 1.29 is 9.53 Å². The summed E-state index contributed by atoms with van der Waals surface area (Å²) in [6.45, 7) is 3.85. The highest BCUT2D eigenvalue weighted by Crippen LogP contribution is 2.33. The monoisotopic (exact) mass is 405 g/mol. The van der Waals surface area contributed by atoms with Gasteiger partial charge >= 0.3 is 0 Å². The lowest BCUT2D eigenvalue weighted by atomic mass is 10.2. The summed E-state index contributed by atoms with van der Waals surface area (Å²) >= 11 is 1.49. The number of ether oxygens (including phenoxy) is 1. The smallest absolute Gasteiger partial charge is 0.262 e. The van der Waals surface area contributed by atoms with E-state index in [-0.39, 0.29) is 12.5 Å². The van der Waals surface area contributed by atoms with E-state index >= 15 is 0 Å². The number of anilines is 1. The van der Waals surface area contributed by atoms with Crippen molar-refractivity contribution >= 4 is 29.1 Å². The Morgan fingerprint density at radius 2 is 1.93 bits per heavy atom. The number of nitrogens with one attached hydrogen (secondary N) is 1. The molecule has 0 fully saturated rings. The number of rotatable bonds is 6. The molecule has 0 aliphatic rings. The average Bonchev–Trinajstić information content (AvgIpc) is 3.17. The molecule has 0 saturated heterocycles. The predicted octanol–water partition coefficient (Wildman–Crippen LogP) is 3.91. The Morgan fingerprint density at radius 1 is 1.14 bits per heavy atom. The number of carbonyl (C=O) groups is 1. The molecule has 0 aliphatic carbocycles. The summed E-state index contributed by atoms with van der Waals surface area (Å²) in [6, 6.07) is 17.1. The molecule has 4 rings (SSSR count). The van der Waals surface area contributed by atoms with Crippen LogP contribution in [0.3, 0.4) is 0 Å². The molecule has 29 heavy (non-hydrogen) atoms. The van der Waals surface area contributed by atoms with Gasteiger partial charge < -0.3 is 10.1 Å². The minimum atomic E-state index is -0.226. The molecule has 0 aliphatic heterocycles. The number of nitrogens with zero attached hydrogens (tertiary/aromatic N) is 4. The summed E-state index contributed by atoms with van der Waals surface area (Å²) in [5.41, 5.74) is 2.69. The second-order valence-corrected chi connectivity index (χ2v) is 7.52. The van der Waals surface area contributed by atoms with Crippen LogP contribution in [0.4, 0.5) is 5.69 Å². The van der Waals surface area contributed by atoms with Crippen LogP contribution in [0.15, 0.2) is 70.8 Å². The van der Waals surface area contributed by atoms with E-state index in [9.17, 15) is 4.79 Å². The number of benzene rings is 2. The van der Waals surface area contributed by atoms with Crippen LogP contribution in [0.1, 0.15) is 11.3 Å². The lowest BCUT2D eigenvalue weighted by Crippen LogP contribution is -2.20. The number of hydrogen-bond acceptors (Lipinski definition) is 6. The number of fused-ring (bicyclic) bond motifs is 1. The molecule has 0 saturated carbocycles. The number of carbonyl (C=O) groups excluding carboxylic acids is 1. The van der Waals surface area contributed by atoms with Crippen LogP contribution in [0.5, 0.6) is 5.75 Å². The fourth-order valence-corrected chi connectivity index (χ4v) is 3.76. The zero-order valence-electron chi connectivity index (χ0n) is 16.0. The molecule has 2 aromatic heterocycles. The van der Waals surface area contributed by atoms with Gasteiger partial charge in [0.2, 0.25) is 0 Å². The van der Waals surface area contributed by atoms with Gasteiger partial charge in [-0.3, -0.25) is 4.79 Å². The Morgan fingerprint density at radius 3 is 2.76 bits per heavy atom. The lowest BCUT2D eigenvalue weighted by Gasteiger charge is -2.12. The van der Waals surface area contributed by atoms with Crippen LogP contribution >= 0.6 is 11.8 Å². The Bertz CT molecular complexity index is 1160. The van der Waals surface area contributed by atoms with Crippen molar-refractivity contribution in [2.45, 2.75) is 23.8 Å². The molecule has 4 aromatic rings. The molecule has 7 nitrogen and oxygen atoms in total. The zero-order chi connectivity index (χ0) is 20.2. The molecule has 1 N–H and O–H groups in total. The molecule has 0 atom stereocenters. The van der Waals surface area contributed by atoms with Crippen LogP contribution in [-0.2, 0) is 4.79 Å². The summed E-state index contributed by atoms with van der Waals surface area (Å²) in [4.78, 5) is 21.8. The minimum Gasteiger partial charge on any atom is -0.484 e. The van der Waals surface area contributed by atoms with Crippen molar-refractivity contribution in [1.82, 2.24) is 19.6 Å². The number of aromatic nitrogens is 4. The molecule has 0 unspecified atom stereocenters. The molecule has 2 aromatic carbocycles. The second-order valence-electron chi connectivity index (χ2n) is 6.46. The van der Waals surface area contributed by atoms with Gasteiger partial charge in [-0.1, -0.05) is 41.6 Å². The molecule has 2 heterocycles. The number of para-hydroxylation sites is 1. The lowest BCUT2D eigenvalue weighted by molar-refractivity contribution is -0.118. The molecule has 0 bridgehead atoms. The van der Waals surface area contributed by atoms with E-state index in [2.05, 4.69) is 20.4 Å². The SMILES string of the molecule is Cc1ccc(OCC(=O)Nc2ccccc2Sc2cc(C)nc3ncnn23)cc1. The average molecular weight is 405 g/mol. The van der Waals surface area contributed by atoms with Gasteiger partial charge in [-0.15, -0.1) is 0 Å². The van der Waals surface area contributed by atoms with Crippen LogP contribution < -0.4 is 10.1 Å². The van der Waals surface area contributed by atoms with Crippen LogP contribution in [0, 0.1) is 13.8 Å². The van der Waals surface area contributed by atoms with Crippen molar-refractivity contribution in [3.8, 4) is 5.75 Å². The van der Waals surface area contributed by atoms with Gasteiger partial charge in [0, 0.05) is 10.6 Å². The number of hydrogen-bond donors (Lipinski definition) is 1. The molecule has 0 spiro atoms. The van der Waals surface area contributed by atoms with E-state index in [1.54, 1.807) is 4.52 Å². The van der Waals surface area contributed by atoms with Crippen molar-refractivity contribution in [3.05, 3.63) is 72.2 Å². The maximum Gasteiger partial charge on any atom is 0.262 e. The summed E-state index contributed by atoms with van der Waals surface area (Å²) in [7, 11) is 0. The third-order valence-corrected chi connectivity index (χ3v) is 5.19. The predicted molar refractivity (Wildman–Crippen MR) is 111 cm³/mol. The van der Waals surface area contributed by atoms with Gasteiger partial charge in [-0.2, -0.15) is 14.6 Å². The maximum atomic E-state index is 12.4. The van der Waals surface area contributed by atoms with E-state index in [0.29, 0.717) is 17.2 Å². The van der Waals surface area contributed by atoms with Crippen LogP contribution in [-0.4, -0.2) is 32.1 Å². The highest BCUT2D eigenvalue weighted by molar-refractivity contribution is 7.99. The Kier molecular flexibility index (Phi) is 5.44. The summed E-state index contributed by atoms with van der Waals surface area (Å²) in [5.74, 6) is 0.977. The normalized spacial score (nSPS) is 10.8. The summed E-state index contributed by atoms with van der Waals surface area (Å²) in [5, 5.41) is 8.02. The van der Waals surface area contributed by atoms with E-state index in [0.717, 1.165) is 21.2 Å². The second kappa shape index (κ2) is 8.32. The standard InChI is InChI=1S/C21H19N5O2S/c1-14-7-9-16(10-8-14)28-12-19(27)25-17-5-3-4-6-18(17)29-20-11-15(2)24-21-22-13-23-26(20)21/h3-11,13H,12H2,1-2H3,(H,25,27). The highest BCUT2D eigenvalue weighted by atomic mass is 32.2. The summed E-state index contributed by atoms with van der Waals surface area (Å²) < 4.78 is 7.24. The molecule has 146 valence electrons. The maximum absolute atomic E-state index is 12.4. The first-order valence-electron chi connectivity index (χ1n) is 9.02. The van der Waals surface area contributed by atoms with Crippen molar-refractivity contribution in [3.63, 3.8) is 0 Å². The Labute approximate surface area is 172 Å². The third kappa shape index (κ3) is 4.55. The number of aryl methyl sites for hydroxylation is 2. The minimum absolute atomic E-state index is 0.0657. The first-order chi connectivity index (χ1) is 14.1. The highest BCUT2D eigenvalue weighted by Gasteiger charge is 2.12. The van der Waals surface area contributed by atoms with Crippen LogP contribution in [0.2, 0.25) is 0 Å². The molecule has 8 heteroatoms. The first-order valence-corrected chi connectivity index (χ1v) is 9.84. The van der Waals surface area contributed by atoms with Crippen LogP contribution in [0.25, 0.3) is 5.78 Å². The quantitative estimate of drug-likeness (QED) is 0.490. The summed E-state index contributed by atoms with van der Waals surface area (Å²) in [6.07, 6.45) is 1.47. The van der Waals surface area contributed by atoms with Gasteiger partial charge in [0.05, 0.1) is 5.69 Å². The van der Waals surface area contributed by atoms with Gasteiger partial charge in [-0.05, 0) is 44.2 Å². The Hall–Kier alpha value is -3.39. The zero-order valence-corrected chi connectivity index (χ0v) is 16.8. The third-order valence-electron chi connectivity index (χ3n) is 4.11. The fourth-order valence-electron chi connectivity index (χ4n) is 2.71. The topological polar surface area (TPSA) is 81.4 Å². The van der Waals surface area contributed by atoms with E-state index in [4.69, 9.17) is 4.74 Å². The van der Waals surface area contributed by atoms with Gasteiger partial charge in [0.25, 0.3) is 11.7 Å². The van der Waals surface area contributed by atoms with Gasteiger partial charge in [0.15, 0.2) is 6.61 Å². The fraction of sp³-hybridized carbons (Fsp3) is 0.143. The van der Waals surface area contributed by atoms with Crippen molar-refractivity contribution in [1.29, 1.82) is 0 Å². The van der Waals surface area contributed by atoms with Gasteiger partial charge in [0.1, 0.15) is 17.1 Å². The molecular formula is C21H19N5O2S. The van der Waals surface area contributed by atoms with Crippen molar-refractivity contribution in [2.24, 2.45) is 0 Å². The van der Waals surface area contributed by atoms with Gasteiger partial charge in [-0.25, -0.2) is 4.98 Å². The number of amides is 1. The van der Waals surface area contributed by atoms with E-state index in [1.807, 2.05) is 68.4 Å². The molecule has 0 radical (unpaired) electrons. The first kappa shape index (κ1) is 18.9. The van der Waals surface area contributed by atoms with E-state index < -0.39 is 0 Å². The molecule has 1 amide bonds. The van der Waals surface area contributed by atoms with E-state index in [1.165, 1.54) is 18.1 Å². The largest absolute Gasteiger partial charge is 0.484 e.